The van der Waals surface area contributed by atoms with Crippen LogP contribution in [-0.4, -0.2) is 29.3 Å². The van der Waals surface area contributed by atoms with Gasteiger partial charge in [-0.25, -0.2) is 15.0 Å². The minimum atomic E-state index is 0.679. The van der Waals surface area contributed by atoms with Gasteiger partial charge in [-0.05, 0) is 24.3 Å². The van der Waals surface area contributed by atoms with Crippen molar-refractivity contribution >= 4 is 28.3 Å². The van der Waals surface area contributed by atoms with Crippen LogP contribution in [0.5, 0.6) is 0 Å². The molecule has 2 N–H and O–H groups in total. The molecule has 5 aromatic rings. The van der Waals surface area contributed by atoms with E-state index in [1.54, 1.807) is 18.6 Å². The maximum absolute atomic E-state index is 4.66. The molecule has 0 amide bonds. The second-order valence-corrected chi connectivity index (χ2v) is 6.11. The highest BCUT2D eigenvalue weighted by molar-refractivity contribution is 5.94. The zero-order valence-electron chi connectivity index (χ0n) is 14.3. The van der Waals surface area contributed by atoms with Crippen LogP contribution < -0.4 is 5.32 Å². The van der Waals surface area contributed by atoms with Crippen LogP contribution in [0.1, 0.15) is 5.56 Å². The molecular weight excluding hydrogens is 338 g/mol. The summed E-state index contributed by atoms with van der Waals surface area (Å²) in [5, 5.41) is 4.27. The molecule has 130 valence electrons. The van der Waals surface area contributed by atoms with Crippen molar-refractivity contribution in [3.05, 3.63) is 79.8 Å². The molecule has 0 saturated carbocycles. The molecule has 7 nitrogen and oxygen atoms in total. The Hall–Kier alpha value is -4.00. The fourth-order valence-corrected chi connectivity index (χ4v) is 3.05. The molecule has 0 aliphatic rings. The zero-order valence-corrected chi connectivity index (χ0v) is 14.3. The summed E-state index contributed by atoms with van der Waals surface area (Å²) in [5.41, 5.74) is 4.57. The van der Waals surface area contributed by atoms with Gasteiger partial charge in [-0.3, -0.25) is 9.38 Å². The number of imidazole rings is 1. The molecule has 0 fully saturated rings. The number of nitrogens with one attached hydrogen (secondary N) is 2. The Bertz CT molecular complexity index is 1270. The van der Waals surface area contributed by atoms with Crippen LogP contribution in [-0.2, 0) is 0 Å². The van der Waals surface area contributed by atoms with Crippen molar-refractivity contribution in [2.45, 2.75) is 0 Å². The lowest BCUT2D eigenvalue weighted by atomic mass is 10.1. The van der Waals surface area contributed by atoms with Gasteiger partial charge in [0.1, 0.15) is 11.5 Å². The third-order valence-corrected chi connectivity index (χ3v) is 4.40. The molecule has 0 aliphatic heterocycles. The largest absolute Gasteiger partial charge is 0.345 e. The van der Waals surface area contributed by atoms with Crippen molar-refractivity contribution in [2.24, 2.45) is 0 Å². The molecule has 5 rings (SSSR count). The second kappa shape index (κ2) is 6.06. The average molecular weight is 353 g/mol. The van der Waals surface area contributed by atoms with E-state index in [2.05, 4.69) is 36.8 Å². The highest BCUT2D eigenvalue weighted by atomic mass is 15.1. The average Bonchev–Trinajstić information content (AvgIpc) is 3.34. The maximum Gasteiger partial charge on any atom is 0.233 e. The number of fused-ring (bicyclic) bond motifs is 2. The molecule has 0 unspecified atom stereocenters. The number of anilines is 1. The van der Waals surface area contributed by atoms with Gasteiger partial charge in [-0.15, -0.1) is 0 Å². The Morgan fingerprint density at radius 3 is 2.85 bits per heavy atom. The normalized spacial score (nSPS) is 11.1. The third kappa shape index (κ3) is 2.71. The second-order valence-electron chi connectivity index (χ2n) is 6.11. The summed E-state index contributed by atoms with van der Waals surface area (Å²) in [6.07, 6.45) is 12.9. The molecule has 0 aromatic carbocycles. The number of aromatic nitrogens is 6. The highest BCUT2D eigenvalue weighted by Crippen LogP contribution is 2.28. The van der Waals surface area contributed by atoms with Crippen molar-refractivity contribution in [2.75, 3.05) is 5.32 Å². The summed E-state index contributed by atoms with van der Waals surface area (Å²) in [6.45, 7) is 4.07. The Kier molecular flexibility index (Phi) is 3.43. The van der Waals surface area contributed by atoms with Crippen molar-refractivity contribution in [3.63, 3.8) is 0 Å². The first-order valence-corrected chi connectivity index (χ1v) is 8.41. The quantitative estimate of drug-likeness (QED) is 0.514. The van der Waals surface area contributed by atoms with Gasteiger partial charge in [0, 0.05) is 71.2 Å². The lowest BCUT2D eigenvalue weighted by Gasteiger charge is -2.09. The molecule has 5 aromatic heterocycles. The summed E-state index contributed by atoms with van der Waals surface area (Å²) in [5.74, 6) is 1.40. The van der Waals surface area contributed by atoms with Gasteiger partial charge >= 0.3 is 0 Å². The monoisotopic (exact) mass is 353 g/mol. The smallest absolute Gasteiger partial charge is 0.233 e. The van der Waals surface area contributed by atoms with Gasteiger partial charge in [0.05, 0.1) is 0 Å². The summed E-state index contributed by atoms with van der Waals surface area (Å²) in [6, 6.07) is 7.78. The summed E-state index contributed by atoms with van der Waals surface area (Å²) >= 11 is 0. The number of hydrogen-bond donors (Lipinski definition) is 2. The molecule has 27 heavy (non-hydrogen) atoms. The molecule has 0 aliphatic carbocycles. The standard InChI is InChI=1S/C20H15N7/c1-13(14-4-6-21-7-5-14)25-18-3-2-16-17(11-23-19(16)26-18)15-10-24-20-22-8-9-27(20)12-15/h2-12H,1H2,(H2,23,25,26). The Morgan fingerprint density at radius 1 is 1.07 bits per heavy atom. The highest BCUT2D eigenvalue weighted by Gasteiger charge is 2.10. The van der Waals surface area contributed by atoms with Crippen molar-refractivity contribution in [3.8, 4) is 11.1 Å². The molecular formula is C20H15N7. The van der Waals surface area contributed by atoms with Gasteiger partial charge < -0.3 is 10.3 Å². The molecule has 0 saturated heterocycles. The summed E-state index contributed by atoms with van der Waals surface area (Å²) in [7, 11) is 0. The molecule has 5 heterocycles. The van der Waals surface area contributed by atoms with Gasteiger partial charge in [0.25, 0.3) is 0 Å². The van der Waals surface area contributed by atoms with Crippen LogP contribution in [0.4, 0.5) is 5.82 Å². The molecule has 0 atom stereocenters. The SMILES string of the molecule is C=C(Nc1ccc2c(-c3cnc4nccn4c3)c[nH]c2n1)c1ccncc1. The fraction of sp³-hybridized carbons (Fsp3) is 0. The predicted octanol–water partition coefficient (Wildman–Crippen LogP) is 3.75. The van der Waals surface area contributed by atoms with Gasteiger partial charge in [-0.1, -0.05) is 6.58 Å². The van der Waals surface area contributed by atoms with Crippen molar-refractivity contribution < 1.29 is 0 Å². The van der Waals surface area contributed by atoms with Gasteiger partial charge in [-0.2, -0.15) is 0 Å². The van der Waals surface area contributed by atoms with Crippen LogP contribution in [0.2, 0.25) is 0 Å². The Balaban J connectivity index is 1.48. The summed E-state index contributed by atoms with van der Waals surface area (Å²) in [4.78, 5) is 20.5. The third-order valence-electron chi connectivity index (χ3n) is 4.40. The maximum atomic E-state index is 4.66. The zero-order chi connectivity index (χ0) is 18.2. The van der Waals surface area contributed by atoms with Crippen LogP contribution in [0.3, 0.4) is 0 Å². The van der Waals surface area contributed by atoms with E-state index in [1.807, 2.05) is 53.5 Å². The lowest BCUT2D eigenvalue weighted by Crippen LogP contribution is -1.99. The first-order valence-electron chi connectivity index (χ1n) is 8.41. The minimum absolute atomic E-state index is 0.679. The van der Waals surface area contributed by atoms with E-state index < -0.39 is 0 Å². The predicted molar refractivity (Wildman–Crippen MR) is 105 cm³/mol. The van der Waals surface area contributed by atoms with E-state index in [9.17, 15) is 0 Å². The minimum Gasteiger partial charge on any atom is -0.345 e. The molecule has 0 bridgehead atoms. The number of rotatable bonds is 4. The van der Waals surface area contributed by atoms with Crippen LogP contribution in [0.15, 0.2) is 74.2 Å². The lowest BCUT2D eigenvalue weighted by molar-refractivity contribution is 1.11. The molecule has 0 radical (unpaired) electrons. The van der Waals surface area contributed by atoms with E-state index in [4.69, 9.17) is 0 Å². The van der Waals surface area contributed by atoms with E-state index in [1.165, 1.54) is 0 Å². The first kappa shape index (κ1) is 15.3. The first-order chi connectivity index (χ1) is 13.3. The van der Waals surface area contributed by atoms with Crippen molar-refractivity contribution in [1.29, 1.82) is 0 Å². The molecule has 0 spiro atoms. The number of aromatic amines is 1. The van der Waals surface area contributed by atoms with Crippen molar-refractivity contribution in [1.82, 2.24) is 29.3 Å². The number of H-pyrrole nitrogens is 1. The molecule has 7 heteroatoms. The Labute approximate surface area is 154 Å². The van der Waals surface area contributed by atoms with Crippen LogP contribution >= 0.6 is 0 Å². The fourth-order valence-electron chi connectivity index (χ4n) is 3.05. The van der Waals surface area contributed by atoms with Crippen LogP contribution in [0, 0.1) is 0 Å². The van der Waals surface area contributed by atoms with E-state index in [-0.39, 0.29) is 0 Å². The van der Waals surface area contributed by atoms with E-state index in [0.717, 1.165) is 39.2 Å². The topological polar surface area (TPSA) is 83.8 Å². The summed E-state index contributed by atoms with van der Waals surface area (Å²) < 4.78 is 1.90. The number of nitrogens with zero attached hydrogens (tertiary/aromatic N) is 5. The number of hydrogen-bond acceptors (Lipinski definition) is 5. The van der Waals surface area contributed by atoms with E-state index in [0.29, 0.717) is 5.78 Å². The van der Waals surface area contributed by atoms with Gasteiger partial charge in [0.15, 0.2) is 0 Å². The number of pyridine rings is 2. The van der Waals surface area contributed by atoms with Crippen LogP contribution in [0.25, 0.3) is 33.6 Å². The van der Waals surface area contributed by atoms with Gasteiger partial charge in [0.2, 0.25) is 5.78 Å². The Morgan fingerprint density at radius 2 is 1.96 bits per heavy atom. The van der Waals surface area contributed by atoms with E-state index >= 15 is 0 Å².